The SMILES string of the molecule is CCOC(=O)c1nnc(N2CC(Cl)CC2=O)o1. The van der Waals surface area contributed by atoms with E-state index in [9.17, 15) is 9.59 Å². The minimum Gasteiger partial charge on any atom is -0.459 e. The van der Waals surface area contributed by atoms with Crippen molar-refractivity contribution in [2.75, 3.05) is 18.1 Å². The fourth-order valence-electron chi connectivity index (χ4n) is 1.45. The normalized spacial score (nSPS) is 19.8. The second-order valence-electron chi connectivity index (χ2n) is 3.42. The number of hydrogen-bond acceptors (Lipinski definition) is 6. The molecule has 0 spiro atoms. The molecule has 92 valence electrons. The maximum atomic E-state index is 11.5. The fourth-order valence-corrected chi connectivity index (χ4v) is 1.72. The first-order valence-corrected chi connectivity index (χ1v) is 5.50. The second kappa shape index (κ2) is 4.70. The summed E-state index contributed by atoms with van der Waals surface area (Å²) in [5.74, 6) is -1.18. The van der Waals surface area contributed by atoms with Gasteiger partial charge in [-0.25, -0.2) is 4.79 Å². The number of aromatic nitrogens is 2. The third kappa shape index (κ3) is 2.38. The largest absolute Gasteiger partial charge is 0.459 e. The molecule has 1 unspecified atom stereocenters. The van der Waals surface area contributed by atoms with Crippen LogP contribution in [0.2, 0.25) is 0 Å². The Morgan fingerprint density at radius 1 is 1.65 bits per heavy atom. The van der Waals surface area contributed by atoms with E-state index in [4.69, 9.17) is 16.0 Å². The van der Waals surface area contributed by atoms with Gasteiger partial charge in [-0.1, -0.05) is 10.2 Å². The number of carbonyl (C=O) groups is 2. The maximum absolute atomic E-state index is 11.5. The summed E-state index contributed by atoms with van der Waals surface area (Å²) < 4.78 is 9.74. The molecule has 1 amide bonds. The van der Waals surface area contributed by atoms with Gasteiger partial charge in [0.25, 0.3) is 0 Å². The Bertz CT molecular complexity index is 447. The van der Waals surface area contributed by atoms with E-state index in [0.717, 1.165) is 0 Å². The monoisotopic (exact) mass is 259 g/mol. The van der Waals surface area contributed by atoms with E-state index >= 15 is 0 Å². The number of rotatable bonds is 3. The first kappa shape index (κ1) is 11.8. The average molecular weight is 260 g/mol. The van der Waals surface area contributed by atoms with Crippen LogP contribution in [0, 0.1) is 0 Å². The van der Waals surface area contributed by atoms with Crippen LogP contribution in [0.5, 0.6) is 0 Å². The molecular formula is C9H10ClN3O4. The Morgan fingerprint density at radius 2 is 2.41 bits per heavy atom. The smallest absolute Gasteiger partial charge is 0.396 e. The van der Waals surface area contributed by atoms with Crippen LogP contribution >= 0.6 is 11.6 Å². The predicted molar refractivity (Wildman–Crippen MR) is 56.9 cm³/mol. The number of anilines is 1. The molecule has 1 fully saturated rings. The molecule has 1 aliphatic heterocycles. The standard InChI is InChI=1S/C9H10ClN3O4/c1-2-16-8(15)7-11-12-9(17-7)13-4-5(10)3-6(13)14/h5H,2-4H2,1H3. The van der Waals surface area contributed by atoms with Crippen LogP contribution in [0.1, 0.15) is 24.0 Å². The Hall–Kier alpha value is -1.63. The quantitative estimate of drug-likeness (QED) is 0.583. The molecule has 1 aromatic heterocycles. The predicted octanol–water partition coefficient (Wildman–Crippen LogP) is 0.590. The first-order valence-electron chi connectivity index (χ1n) is 5.07. The Morgan fingerprint density at radius 3 is 3.00 bits per heavy atom. The summed E-state index contributed by atoms with van der Waals surface area (Å²) in [4.78, 5) is 24.0. The van der Waals surface area contributed by atoms with Crippen LogP contribution in [0.25, 0.3) is 0 Å². The van der Waals surface area contributed by atoms with E-state index < -0.39 is 5.97 Å². The van der Waals surface area contributed by atoms with Crippen molar-refractivity contribution in [2.24, 2.45) is 0 Å². The van der Waals surface area contributed by atoms with Crippen molar-refractivity contribution in [3.05, 3.63) is 5.89 Å². The van der Waals surface area contributed by atoms with Gasteiger partial charge in [0, 0.05) is 13.0 Å². The van der Waals surface area contributed by atoms with Crippen LogP contribution in [-0.4, -0.2) is 40.6 Å². The highest BCUT2D eigenvalue weighted by atomic mass is 35.5. The molecule has 0 radical (unpaired) electrons. The molecule has 0 N–H and O–H groups in total. The molecule has 7 nitrogen and oxygen atoms in total. The van der Waals surface area contributed by atoms with E-state index in [0.29, 0.717) is 6.54 Å². The number of halogens is 1. The van der Waals surface area contributed by atoms with Gasteiger partial charge >= 0.3 is 17.9 Å². The third-order valence-corrected chi connectivity index (χ3v) is 2.47. The van der Waals surface area contributed by atoms with Crippen LogP contribution in [0.4, 0.5) is 6.01 Å². The van der Waals surface area contributed by atoms with Crippen molar-refractivity contribution in [3.63, 3.8) is 0 Å². The highest BCUT2D eigenvalue weighted by molar-refractivity contribution is 6.24. The molecule has 0 aromatic carbocycles. The van der Waals surface area contributed by atoms with Crippen LogP contribution in [-0.2, 0) is 9.53 Å². The Labute approximate surface area is 102 Å². The lowest BCUT2D eigenvalue weighted by atomic mass is 10.4. The topological polar surface area (TPSA) is 85.5 Å². The van der Waals surface area contributed by atoms with E-state index in [2.05, 4.69) is 14.9 Å². The Kier molecular flexibility index (Phi) is 3.28. The molecule has 0 saturated carbocycles. The summed E-state index contributed by atoms with van der Waals surface area (Å²) in [7, 11) is 0. The molecule has 2 heterocycles. The molecule has 17 heavy (non-hydrogen) atoms. The second-order valence-corrected chi connectivity index (χ2v) is 4.03. The van der Waals surface area contributed by atoms with Gasteiger partial charge in [0.15, 0.2) is 0 Å². The van der Waals surface area contributed by atoms with Crippen LogP contribution in [0.15, 0.2) is 4.42 Å². The highest BCUT2D eigenvalue weighted by Gasteiger charge is 2.33. The lowest BCUT2D eigenvalue weighted by molar-refractivity contribution is -0.117. The van der Waals surface area contributed by atoms with Crippen molar-refractivity contribution >= 4 is 29.5 Å². The third-order valence-electron chi connectivity index (χ3n) is 2.17. The summed E-state index contributed by atoms with van der Waals surface area (Å²) in [6, 6.07) is -0.0267. The number of alkyl halides is 1. The fraction of sp³-hybridized carbons (Fsp3) is 0.556. The van der Waals surface area contributed by atoms with Crippen molar-refractivity contribution in [3.8, 4) is 0 Å². The van der Waals surface area contributed by atoms with E-state index in [1.54, 1.807) is 6.92 Å². The zero-order valence-electron chi connectivity index (χ0n) is 9.05. The van der Waals surface area contributed by atoms with Gasteiger partial charge < -0.3 is 9.15 Å². The van der Waals surface area contributed by atoms with Crippen LogP contribution < -0.4 is 4.90 Å². The number of esters is 1. The number of amides is 1. The first-order chi connectivity index (χ1) is 8.11. The summed E-state index contributed by atoms with van der Waals surface area (Å²) in [6.45, 7) is 2.17. The minimum atomic E-state index is -0.708. The van der Waals surface area contributed by atoms with Gasteiger partial charge in [-0.15, -0.1) is 11.6 Å². The maximum Gasteiger partial charge on any atom is 0.396 e. The van der Waals surface area contributed by atoms with E-state index in [1.807, 2.05) is 0 Å². The molecule has 2 rings (SSSR count). The molecule has 0 aliphatic carbocycles. The van der Waals surface area contributed by atoms with E-state index in [-0.39, 0.29) is 36.2 Å². The van der Waals surface area contributed by atoms with Gasteiger partial charge in [-0.2, -0.15) is 0 Å². The molecule has 1 aromatic rings. The van der Waals surface area contributed by atoms with Crippen molar-refractivity contribution in [1.29, 1.82) is 0 Å². The number of nitrogens with zero attached hydrogens (tertiary/aromatic N) is 3. The van der Waals surface area contributed by atoms with Crippen molar-refractivity contribution in [1.82, 2.24) is 10.2 Å². The summed E-state index contributed by atoms with van der Waals surface area (Å²) in [5.41, 5.74) is 0. The molecule has 8 heteroatoms. The van der Waals surface area contributed by atoms with Gasteiger partial charge in [-0.3, -0.25) is 9.69 Å². The van der Waals surface area contributed by atoms with Gasteiger partial charge in [0.2, 0.25) is 5.91 Å². The number of carbonyl (C=O) groups excluding carboxylic acids is 2. The summed E-state index contributed by atoms with van der Waals surface area (Å²) >= 11 is 5.83. The van der Waals surface area contributed by atoms with Gasteiger partial charge in [0.05, 0.1) is 12.0 Å². The van der Waals surface area contributed by atoms with Gasteiger partial charge in [-0.05, 0) is 6.92 Å². The summed E-state index contributed by atoms with van der Waals surface area (Å²) in [6.07, 6.45) is 0.221. The van der Waals surface area contributed by atoms with Crippen LogP contribution in [0.3, 0.4) is 0 Å². The molecule has 1 atom stereocenters. The lowest BCUT2D eigenvalue weighted by Gasteiger charge is -2.08. The summed E-state index contributed by atoms with van der Waals surface area (Å²) in [5, 5.41) is 6.85. The number of ether oxygens (including phenoxy) is 1. The van der Waals surface area contributed by atoms with Gasteiger partial charge in [0.1, 0.15) is 0 Å². The average Bonchev–Trinajstić information content (AvgIpc) is 2.85. The molecule has 0 bridgehead atoms. The minimum absolute atomic E-state index is 0.0267. The van der Waals surface area contributed by atoms with E-state index in [1.165, 1.54) is 4.90 Å². The molecule has 1 saturated heterocycles. The number of hydrogen-bond donors (Lipinski definition) is 0. The Balaban J connectivity index is 2.13. The zero-order chi connectivity index (χ0) is 12.4. The molecule has 1 aliphatic rings. The van der Waals surface area contributed by atoms with Crippen molar-refractivity contribution in [2.45, 2.75) is 18.7 Å². The lowest BCUT2D eigenvalue weighted by Crippen LogP contribution is -2.24. The highest BCUT2D eigenvalue weighted by Crippen LogP contribution is 2.22. The van der Waals surface area contributed by atoms with Crippen molar-refractivity contribution < 1.29 is 18.7 Å². The molecular weight excluding hydrogens is 250 g/mol. The zero-order valence-corrected chi connectivity index (χ0v) is 9.81.